The van der Waals surface area contributed by atoms with E-state index in [2.05, 4.69) is 10.2 Å². The molecular formula is C29H28N2O4. The number of hydrogen-bond acceptors (Lipinski definition) is 5. The summed E-state index contributed by atoms with van der Waals surface area (Å²) in [5.74, 6) is 0.445. The van der Waals surface area contributed by atoms with Crippen molar-refractivity contribution < 1.29 is 14.3 Å². The van der Waals surface area contributed by atoms with Gasteiger partial charge in [-0.2, -0.15) is 0 Å². The van der Waals surface area contributed by atoms with E-state index in [0.717, 1.165) is 30.6 Å². The van der Waals surface area contributed by atoms with Crippen molar-refractivity contribution in [2.24, 2.45) is 5.92 Å². The predicted molar refractivity (Wildman–Crippen MR) is 137 cm³/mol. The monoisotopic (exact) mass is 468 g/mol. The first-order valence-corrected chi connectivity index (χ1v) is 11.9. The van der Waals surface area contributed by atoms with Gasteiger partial charge in [0.15, 0.2) is 0 Å². The van der Waals surface area contributed by atoms with Gasteiger partial charge in [0.2, 0.25) is 11.3 Å². The van der Waals surface area contributed by atoms with Crippen LogP contribution in [0, 0.1) is 12.8 Å². The number of para-hydroxylation sites is 1. The third kappa shape index (κ3) is 4.70. The van der Waals surface area contributed by atoms with Crippen LogP contribution in [0.15, 0.2) is 82.0 Å². The molecule has 6 heteroatoms. The van der Waals surface area contributed by atoms with Crippen LogP contribution in [0.2, 0.25) is 0 Å². The van der Waals surface area contributed by atoms with Crippen LogP contribution in [0.3, 0.4) is 0 Å². The zero-order valence-electron chi connectivity index (χ0n) is 19.7. The Morgan fingerprint density at radius 2 is 1.77 bits per heavy atom. The SMILES string of the molecule is Cc1oc2c(CN3CCCC(C(=O)Nc4ccccc4)C3)c(O)ccc2c(=O)c1-c1ccccc1. The molecular weight excluding hydrogens is 440 g/mol. The number of benzene rings is 3. The van der Waals surface area contributed by atoms with Crippen LogP contribution in [0.5, 0.6) is 5.75 Å². The van der Waals surface area contributed by atoms with E-state index in [1.54, 1.807) is 19.1 Å². The summed E-state index contributed by atoms with van der Waals surface area (Å²) in [6.45, 7) is 3.54. The highest BCUT2D eigenvalue weighted by Gasteiger charge is 2.27. The molecule has 2 heterocycles. The van der Waals surface area contributed by atoms with Gasteiger partial charge in [0, 0.05) is 18.8 Å². The second-order valence-electron chi connectivity index (χ2n) is 9.10. The van der Waals surface area contributed by atoms with E-state index in [1.165, 1.54) is 0 Å². The number of piperidine rings is 1. The highest BCUT2D eigenvalue weighted by atomic mass is 16.3. The van der Waals surface area contributed by atoms with E-state index < -0.39 is 0 Å². The Bertz CT molecular complexity index is 1410. The minimum Gasteiger partial charge on any atom is -0.507 e. The summed E-state index contributed by atoms with van der Waals surface area (Å²) in [7, 11) is 0. The molecule has 0 saturated carbocycles. The van der Waals surface area contributed by atoms with Gasteiger partial charge in [-0.25, -0.2) is 0 Å². The van der Waals surface area contributed by atoms with Gasteiger partial charge in [0.05, 0.1) is 22.4 Å². The summed E-state index contributed by atoms with van der Waals surface area (Å²) in [4.78, 5) is 28.4. The van der Waals surface area contributed by atoms with Crippen LogP contribution >= 0.6 is 0 Å². The molecule has 6 nitrogen and oxygen atoms in total. The molecule has 0 aliphatic carbocycles. The Hall–Kier alpha value is -3.90. The number of fused-ring (bicyclic) bond motifs is 1. The van der Waals surface area contributed by atoms with Gasteiger partial charge in [-0.05, 0) is 56.1 Å². The smallest absolute Gasteiger partial charge is 0.228 e. The maximum atomic E-state index is 13.4. The number of carbonyl (C=O) groups is 1. The second-order valence-corrected chi connectivity index (χ2v) is 9.10. The standard InChI is InChI=1S/C29H28N2O4/c1-19-26(20-9-4-2-5-10-20)27(33)23-14-15-25(32)24(28(23)35-19)18-31-16-8-11-21(17-31)29(34)30-22-12-6-3-7-13-22/h2-7,9-10,12-15,21,32H,8,11,16-18H2,1H3,(H,30,34). The van der Waals surface area contributed by atoms with Gasteiger partial charge in [-0.1, -0.05) is 48.5 Å². The highest BCUT2D eigenvalue weighted by Crippen LogP contribution is 2.32. The Morgan fingerprint density at radius 3 is 2.51 bits per heavy atom. The Labute approximate surface area is 203 Å². The molecule has 0 spiro atoms. The third-order valence-electron chi connectivity index (χ3n) is 6.68. The summed E-state index contributed by atoms with van der Waals surface area (Å²) in [6.07, 6.45) is 1.69. The number of aryl methyl sites for hydroxylation is 1. The summed E-state index contributed by atoms with van der Waals surface area (Å²) < 4.78 is 6.17. The van der Waals surface area contributed by atoms with Crippen LogP contribution in [0.25, 0.3) is 22.1 Å². The van der Waals surface area contributed by atoms with E-state index in [0.29, 0.717) is 40.9 Å². The molecule has 5 rings (SSSR count). The third-order valence-corrected chi connectivity index (χ3v) is 6.68. The van der Waals surface area contributed by atoms with Crippen molar-refractivity contribution in [1.29, 1.82) is 0 Å². The van der Waals surface area contributed by atoms with Crippen molar-refractivity contribution in [1.82, 2.24) is 4.90 Å². The molecule has 178 valence electrons. The number of anilines is 1. The fourth-order valence-corrected chi connectivity index (χ4v) is 4.91. The van der Waals surface area contributed by atoms with Gasteiger partial charge in [0.1, 0.15) is 17.1 Å². The van der Waals surface area contributed by atoms with E-state index in [-0.39, 0.29) is 23.0 Å². The number of hydrogen-bond donors (Lipinski definition) is 2. The lowest BCUT2D eigenvalue weighted by atomic mass is 9.96. The summed E-state index contributed by atoms with van der Waals surface area (Å²) in [5, 5.41) is 14.2. The minimum atomic E-state index is -0.153. The molecule has 2 N–H and O–H groups in total. The number of nitrogens with one attached hydrogen (secondary N) is 1. The van der Waals surface area contributed by atoms with Gasteiger partial charge < -0.3 is 14.8 Å². The topological polar surface area (TPSA) is 82.8 Å². The number of nitrogens with zero attached hydrogens (tertiary/aromatic N) is 1. The van der Waals surface area contributed by atoms with E-state index in [9.17, 15) is 14.7 Å². The predicted octanol–water partition coefficient (Wildman–Crippen LogP) is 5.32. The fraction of sp³-hybridized carbons (Fsp3) is 0.241. The second kappa shape index (κ2) is 9.76. The number of phenols is 1. The fourth-order valence-electron chi connectivity index (χ4n) is 4.91. The van der Waals surface area contributed by atoms with Crippen molar-refractivity contribution in [3.05, 3.63) is 94.3 Å². The number of rotatable bonds is 5. The molecule has 4 aromatic rings. The van der Waals surface area contributed by atoms with Crippen LogP contribution in [0.1, 0.15) is 24.2 Å². The van der Waals surface area contributed by atoms with Crippen LogP contribution in [0.4, 0.5) is 5.69 Å². The van der Waals surface area contributed by atoms with Crippen molar-refractivity contribution >= 4 is 22.6 Å². The number of aromatic hydroxyl groups is 1. The molecule has 1 saturated heterocycles. The quantitative estimate of drug-likeness (QED) is 0.414. The van der Waals surface area contributed by atoms with Crippen LogP contribution in [-0.4, -0.2) is 29.0 Å². The zero-order valence-corrected chi connectivity index (χ0v) is 19.7. The average Bonchev–Trinajstić information content (AvgIpc) is 2.87. The van der Waals surface area contributed by atoms with Crippen LogP contribution < -0.4 is 10.7 Å². The Morgan fingerprint density at radius 1 is 1.06 bits per heavy atom. The van der Waals surface area contributed by atoms with Gasteiger partial charge in [-0.3, -0.25) is 14.5 Å². The maximum Gasteiger partial charge on any atom is 0.228 e. The normalized spacial score (nSPS) is 16.3. The molecule has 1 fully saturated rings. The molecule has 1 atom stereocenters. The number of phenolic OH excluding ortho intramolecular Hbond substituents is 1. The molecule has 1 amide bonds. The molecule has 1 aromatic heterocycles. The van der Waals surface area contributed by atoms with Crippen molar-refractivity contribution in [2.75, 3.05) is 18.4 Å². The zero-order chi connectivity index (χ0) is 24.4. The molecule has 1 aliphatic rings. The number of carbonyl (C=O) groups excluding carboxylic acids is 1. The van der Waals surface area contributed by atoms with Crippen molar-refractivity contribution in [3.8, 4) is 16.9 Å². The molecule has 35 heavy (non-hydrogen) atoms. The molecule has 3 aromatic carbocycles. The van der Waals surface area contributed by atoms with E-state index in [4.69, 9.17) is 4.42 Å². The Balaban J connectivity index is 1.42. The van der Waals surface area contributed by atoms with E-state index >= 15 is 0 Å². The lowest BCUT2D eigenvalue weighted by molar-refractivity contribution is -0.121. The number of likely N-dealkylation sites (tertiary alicyclic amines) is 1. The lowest BCUT2D eigenvalue weighted by Gasteiger charge is -2.32. The van der Waals surface area contributed by atoms with Gasteiger partial charge >= 0.3 is 0 Å². The summed E-state index contributed by atoms with van der Waals surface area (Å²) in [6, 6.07) is 22.1. The summed E-state index contributed by atoms with van der Waals surface area (Å²) >= 11 is 0. The van der Waals surface area contributed by atoms with Gasteiger partial charge in [0.25, 0.3) is 0 Å². The maximum absolute atomic E-state index is 13.4. The molecule has 1 unspecified atom stereocenters. The largest absolute Gasteiger partial charge is 0.507 e. The highest BCUT2D eigenvalue weighted by molar-refractivity contribution is 5.92. The first-order valence-electron chi connectivity index (χ1n) is 11.9. The van der Waals surface area contributed by atoms with Crippen LogP contribution in [-0.2, 0) is 11.3 Å². The molecule has 0 bridgehead atoms. The lowest BCUT2D eigenvalue weighted by Crippen LogP contribution is -2.40. The first-order chi connectivity index (χ1) is 17.0. The molecule has 0 radical (unpaired) electrons. The Kier molecular flexibility index (Phi) is 6.38. The average molecular weight is 469 g/mol. The number of amides is 1. The van der Waals surface area contributed by atoms with Gasteiger partial charge in [-0.15, -0.1) is 0 Å². The van der Waals surface area contributed by atoms with Crippen molar-refractivity contribution in [2.45, 2.75) is 26.3 Å². The summed E-state index contributed by atoms with van der Waals surface area (Å²) in [5.41, 5.74) is 2.99. The first kappa shape index (κ1) is 22.9. The van der Waals surface area contributed by atoms with Crippen molar-refractivity contribution in [3.63, 3.8) is 0 Å². The molecule has 1 aliphatic heterocycles. The van der Waals surface area contributed by atoms with E-state index in [1.807, 2.05) is 60.7 Å². The minimum absolute atomic E-state index is 0.00193.